The van der Waals surface area contributed by atoms with E-state index in [0.717, 1.165) is 0 Å². The third kappa shape index (κ3) is 1.80. The quantitative estimate of drug-likeness (QED) is 0.513. The van der Waals surface area contributed by atoms with Gasteiger partial charge in [-0.15, -0.1) is 0 Å². The molecule has 1 aliphatic heterocycles. The number of hydrogen-bond acceptors (Lipinski definition) is 3. The lowest BCUT2D eigenvalue weighted by atomic mass is 10.2. The highest BCUT2D eigenvalue weighted by molar-refractivity contribution is 5.91. The van der Waals surface area contributed by atoms with E-state index >= 15 is 0 Å². The van der Waals surface area contributed by atoms with Crippen molar-refractivity contribution < 1.29 is 14.3 Å². The van der Waals surface area contributed by atoms with Crippen LogP contribution in [0.25, 0.3) is 0 Å². The molecule has 1 heterocycles. The predicted octanol–water partition coefficient (Wildman–Crippen LogP) is 0.541. The molecule has 1 amide bonds. The molecule has 0 aromatic heterocycles. The summed E-state index contributed by atoms with van der Waals surface area (Å²) in [5, 5.41) is 0. The maximum Gasteiger partial charge on any atom is 0.413 e. The Morgan fingerprint density at radius 3 is 2.91 bits per heavy atom. The molecule has 0 bridgehead atoms. The highest BCUT2D eigenvalue weighted by Gasteiger charge is 2.15. The standard InChI is InChI=1S/C7H9NO3/c1-11-7(10)8-4-2-6(9)3-5-8/h2,4H,3,5H2,1H3. The van der Waals surface area contributed by atoms with E-state index < -0.39 is 6.09 Å². The van der Waals surface area contributed by atoms with Gasteiger partial charge in [0.05, 0.1) is 7.11 Å². The molecule has 0 aliphatic carbocycles. The largest absolute Gasteiger partial charge is 0.452 e. The summed E-state index contributed by atoms with van der Waals surface area (Å²) in [6, 6.07) is 0. The molecule has 11 heavy (non-hydrogen) atoms. The molecule has 1 rings (SSSR count). The topological polar surface area (TPSA) is 46.6 Å². The molecule has 0 radical (unpaired) electrons. The van der Waals surface area contributed by atoms with Crippen LogP contribution in [-0.2, 0) is 9.53 Å². The van der Waals surface area contributed by atoms with E-state index in [-0.39, 0.29) is 5.78 Å². The van der Waals surface area contributed by atoms with E-state index in [2.05, 4.69) is 4.74 Å². The molecule has 0 N–H and O–H groups in total. The van der Waals surface area contributed by atoms with Crippen LogP contribution in [-0.4, -0.2) is 30.4 Å². The number of carbonyl (C=O) groups is 2. The lowest BCUT2D eigenvalue weighted by Crippen LogP contribution is -2.30. The number of rotatable bonds is 0. The average molecular weight is 155 g/mol. The highest BCUT2D eigenvalue weighted by atomic mass is 16.5. The van der Waals surface area contributed by atoms with Gasteiger partial charge in [0.1, 0.15) is 0 Å². The number of nitrogens with zero attached hydrogens (tertiary/aromatic N) is 1. The number of ketones is 1. The lowest BCUT2D eigenvalue weighted by Gasteiger charge is -2.18. The number of allylic oxidation sites excluding steroid dienone is 1. The normalized spacial score (nSPS) is 16.8. The lowest BCUT2D eigenvalue weighted by molar-refractivity contribution is -0.115. The van der Waals surface area contributed by atoms with Crippen LogP contribution in [0, 0.1) is 0 Å². The van der Waals surface area contributed by atoms with Crippen molar-refractivity contribution in [2.24, 2.45) is 0 Å². The van der Waals surface area contributed by atoms with Crippen molar-refractivity contribution in [2.75, 3.05) is 13.7 Å². The molecular formula is C7H9NO3. The van der Waals surface area contributed by atoms with Gasteiger partial charge in [0.2, 0.25) is 0 Å². The second-order valence-corrected chi connectivity index (χ2v) is 2.20. The van der Waals surface area contributed by atoms with Gasteiger partial charge in [-0.05, 0) is 6.08 Å². The van der Waals surface area contributed by atoms with Crippen molar-refractivity contribution in [3.05, 3.63) is 12.3 Å². The van der Waals surface area contributed by atoms with E-state index in [4.69, 9.17) is 0 Å². The number of hydrogen-bond donors (Lipinski definition) is 0. The van der Waals surface area contributed by atoms with Crippen molar-refractivity contribution in [2.45, 2.75) is 6.42 Å². The smallest absolute Gasteiger partial charge is 0.413 e. The van der Waals surface area contributed by atoms with Crippen LogP contribution in [0.1, 0.15) is 6.42 Å². The van der Waals surface area contributed by atoms with E-state index in [1.165, 1.54) is 24.3 Å². The molecule has 4 nitrogen and oxygen atoms in total. The van der Waals surface area contributed by atoms with Gasteiger partial charge < -0.3 is 4.74 Å². The zero-order valence-electron chi connectivity index (χ0n) is 6.24. The van der Waals surface area contributed by atoms with Crippen molar-refractivity contribution in [1.82, 2.24) is 4.90 Å². The van der Waals surface area contributed by atoms with Gasteiger partial charge in [0.25, 0.3) is 0 Å². The first-order valence-electron chi connectivity index (χ1n) is 3.29. The summed E-state index contributed by atoms with van der Waals surface area (Å²) >= 11 is 0. The summed E-state index contributed by atoms with van der Waals surface area (Å²) in [4.78, 5) is 22.8. The number of ether oxygens (including phenoxy) is 1. The van der Waals surface area contributed by atoms with Gasteiger partial charge in [-0.3, -0.25) is 9.69 Å². The predicted molar refractivity (Wildman–Crippen MR) is 37.9 cm³/mol. The Hall–Kier alpha value is -1.32. The molecule has 0 saturated carbocycles. The number of methoxy groups -OCH3 is 1. The zero-order valence-corrected chi connectivity index (χ0v) is 6.24. The maximum atomic E-state index is 10.8. The maximum absolute atomic E-state index is 10.8. The van der Waals surface area contributed by atoms with E-state index in [1.807, 2.05) is 0 Å². The highest BCUT2D eigenvalue weighted by Crippen LogP contribution is 2.03. The van der Waals surface area contributed by atoms with Gasteiger partial charge in [-0.1, -0.05) is 0 Å². The van der Waals surface area contributed by atoms with Crippen LogP contribution in [0.2, 0.25) is 0 Å². The van der Waals surface area contributed by atoms with Crippen LogP contribution in [0.3, 0.4) is 0 Å². The fraction of sp³-hybridized carbons (Fsp3) is 0.429. The minimum atomic E-state index is -0.422. The summed E-state index contributed by atoms with van der Waals surface area (Å²) in [5.41, 5.74) is 0. The first kappa shape index (κ1) is 7.78. The third-order valence-corrected chi connectivity index (χ3v) is 1.45. The van der Waals surface area contributed by atoms with Crippen LogP contribution in [0.5, 0.6) is 0 Å². The molecule has 0 spiro atoms. The zero-order chi connectivity index (χ0) is 8.27. The van der Waals surface area contributed by atoms with Crippen molar-refractivity contribution in [3.63, 3.8) is 0 Å². The first-order chi connectivity index (χ1) is 5.24. The monoisotopic (exact) mass is 155 g/mol. The Bertz CT molecular complexity index is 210. The molecule has 1 aliphatic rings. The van der Waals surface area contributed by atoms with Gasteiger partial charge in [-0.25, -0.2) is 4.79 Å². The second-order valence-electron chi connectivity index (χ2n) is 2.20. The summed E-state index contributed by atoms with van der Waals surface area (Å²) in [6.45, 7) is 0.419. The van der Waals surface area contributed by atoms with E-state index in [1.54, 1.807) is 0 Å². The van der Waals surface area contributed by atoms with Gasteiger partial charge in [0, 0.05) is 19.2 Å². The molecule has 60 valence electrons. The summed E-state index contributed by atoms with van der Waals surface area (Å²) in [5.74, 6) is 0.0464. The first-order valence-corrected chi connectivity index (χ1v) is 3.29. The molecule has 4 heteroatoms. The minimum Gasteiger partial charge on any atom is -0.452 e. The molecule has 0 atom stereocenters. The van der Waals surface area contributed by atoms with Crippen molar-refractivity contribution in [3.8, 4) is 0 Å². The SMILES string of the molecule is COC(=O)N1C=CC(=O)CC1. The molecule has 0 saturated heterocycles. The number of carbonyl (C=O) groups excluding carboxylic acids is 2. The van der Waals surface area contributed by atoms with E-state index in [0.29, 0.717) is 13.0 Å². The Kier molecular flexibility index (Phi) is 2.25. The van der Waals surface area contributed by atoms with Crippen molar-refractivity contribution in [1.29, 1.82) is 0 Å². The molecular weight excluding hydrogens is 146 g/mol. The van der Waals surface area contributed by atoms with E-state index in [9.17, 15) is 9.59 Å². The third-order valence-electron chi connectivity index (χ3n) is 1.45. The van der Waals surface area contributed by atoms with Crippen LogP contribution < -0.4 is 0 Å². The minimum absolute atomic E-state index is 0.0464. The Morgan fingerprint density at radius 1 is 1.73 bits per heavy atom. The molecule has 0 aromatic rings. The summed E-state index contributed by atoms with van der Waals surface area (Å²) in [7, 11) is 1.31. The van der Waals surface area contributed by atoms with Gasteiger partial charge >= 0.3 is 6.09 Å². The van der Waals surface area contributed by atoms with Crippen LogP contribution >= 0.6 is 0 Å². The molecule has 0 aromatic carbocycles. The Morgan fingerprint density at radius 2 is 2.45 bits per heavy atom. The van der Waals surface area contributed by atoms with Crippen molar-refractivity contribution >= 4 is 11.9 Å². The summed E-state index contributed by atoms with van der Waals surface area (Å²) in [6.07, 6.45) is 2.78. The Balaban J connectivity index is 2.57. The molecule has 0 unspecified atom stereocenters. The van der Waals surface area contributed by atoms with Gasteiger partial charge in [0.15, 0.2) is 5.78 Å². The fourth-order valence-corrected chi connectivity index (χ4v) is 0.831. The molecule has 0 fully saturated rings. The number of amides is 1. The average Bonchev–Trinajstić information content (AvgIpc) is 2.05. The Labute approximate surface area is 64.4 Å². The van der Waals surface area contributed by atoms with Crippen LogP contribution in [0.15, 0.2) is 12.3 Å². The van der Waals surface area contributed by atoms with Crippen LogP contribution in [0.4, 0.5) is 4.79 Å². The summed E-state index contributed by atoms with van der Waals surface area (Å²) < 4.78 is 4.45. The fourth-order valence-electron chi connectivity index (χ4n) is 0.831. The second kappa shape index (κ2) is 3.18. The van der Waals surface area contributed by atoms with Gasteiger partial charge in [-0.2, -0.15) is 0 Å².